The molecule has 1 aliphatic heterocycles. The van der Waals surface area contributed by atoms with Crippen molar-refractivity contribution in [3.63, 3.8) is 0 Å². The number of fused-ring (bicyclic) bond motifs is 1. The Morgan fingerprint density at radius 1 is 0.932 bits per heavy atom. The standard InChI is InChI=1S/C25H28N6O.2C2H2O4/c1-32-22-8-6-19(7-9-22)10-14-30-15-11-20(17-30)28-25-29-23-4-2-3-5-24(23)31(25)18-21-16-26-12-13-27-21;2*3-1(4)2(5)6/h2-9,12-13,16,20H,10-11,14-15,17-18H2,1H3,(H,28,29);2*(H,3,4)(H,5,6). The molecule has 0 amide bonds. The van der Waals surface area contributed by atoms with Crippen molar-refractivity contribution in [3.8, 4) is 5.75 Å². The Hall–Kier alpha value is -5.57. The summed E-state index contributed by atoms with van der Waals surface area (Å²) < 4.78 is 7.46. The Labute approximate surface area is 251 Å². The highest BCUT2D eigenvalue weighted by molar-refractivity contribution is 6.27. The average molecular weight is 609 g/mol. The molecule has 232 valence electrons. The highest BCUT2D eigenvalue weighted by Crippen LogP contribution is 2.23. The molecule has 15 nitrogen and oxygen atoms in total. The first-order valence-electron chi connectivity index (χ1n) is 13.3. The Morgan fingerprint density at radius 3 is 2.18 bits per heavy atom. The molecule has 1 aliphatic rings. The molecule has 1 fully saturated rings. The normalized spacial score (nSPS) is 14.0. The van der Waals surface area contributed by atoms with Crippen LogP contribution in [0, 0.1) is 0 Å². The van der Waals surface area contributed by atoms with Crippen molar-refractivity contribution < 1.29 is 44.3 Å². The number of benzene rings is 2. The lowest BCUT2D eigenvalue weighted by atomic mass is 10.1. The number of imidazole rings is 1. The van der Waals surface area contributed by atoms with Crippen LogP contribution in [0.1, 0.15) is 17.7 Å². The van der Waals surface area contributed by atoms with Gasteiger partial charge < -0.3 is 39.9 Å². The Morgan fingerprint density at radius 2 is 1.59 bits per heavy atom. The fraction of sp³-hybridized carbons (Fsp3) is 0.276. The van der Waals surface area contributed by atoms with Gasteiger partial charge >= 0.3 is 23.9 Å². The van der Waals surface area contributed by atoms with Crippen molar-refractivity contribution in [1.82, 2.24) is 24.4 Å². The monoisotopic (exact) mass is 608 g/mol. The number of anilines is 1. The van der Waals surface area contributed by atoms with E-state index in [9.17, 15) is 0 Å². The van der Waals surface area contributed by atoms with Crippen molar-refractivity contribution in [2.45, 2.75) is 25.4 Å². The van der Waals surface area contributed by atoms with Crippen LogP contribution in [0.5, 0.6) is 5.75 Å². The number of likely N-dealkylation sites (tertiary alicyclic amines) is 1. The molecule has 3 heterocycles. The summed E-state index contributed by atoms with van der Waals surface area (Å²) in [5.41, 5.74) is 4.36. The van der Waals surface area contributed by atoms with Gasteiger partial charge in [0.15, 0.2) is 0 Å². The highest BCUT2D eigenvalue weighted by Gasteiger charge is 2.24. The number of para-hydroxylation sites is 2. The maximum atomic E-state index is 9.10. The summed E-state index contributed by atoms with van der Waals surface area (Å²) in [5.74, 6) is -5.49. The van der Waals surface area contributed by atoms with E-state index < -0.39 is 23.9 Å². The molecule has 15 heteroatoms. The molecule has 1 saturated heterocycles. The van der Waals surface area contributed by atoms with Gasteiger partial charge in [0.1, 0.15) is 5.75 Å². The molecule has 2 aromatic heterocycles. The second-order valence-corrected chi connectivity index (χ2v) is 9.46. The molecule has 0 aliphatic carbocycles. The third-order valence-corrected chi connectivity index (χ3v) is 6.44. The molecule has 4 aromatic rings. The van der Waals surface area contributed by atoms with Crippen molar-refractivity contribution in [1.29, 1.82) is 0 Å². The van der Waals surface area contributed by atoms with E-state index in [0.717, 1.165) is 60.9 Å². The van der Waals surface area contributed by atoms with Crippen LogP contribution in [0.2, 0.25) is 0 Å². The molecule has 0 spiro atoms. The third-order valence-electron chi connectivity index (χ3n) is 6.44. The number of hydrogen-bond acceptors (Lipinski definition) is 10. The molecule has 0 bridgehead atoms. The van der Waals surface area contributed by atoms with Gasteiger partial charge in [-0.1, -0.05) is 24.3 Å². The van der Waals surface area contributed by atoms with Crippen molar-refractivity contribution in [2.75, 3.05) is 32.1 Å². The summed E-state index contributed by atoms with van der Waals surface area (Å²) in [6.07, 6.45) is 7.40. The van der Waals surface area contributed by atoms with E-state index in [1.807, 2.05) is 24.4 Å². The van der Waals surface area contributed by atoms with Crippen LogP contribution in [0.4, 0.5) is 5.95 Å². The molecule has 2 aromatic carbocycles. The van der Waals surface area contributed by atoms with Gasteiger partial charge in [0.05, 0.1) is 36.6 Å². The number of methoxy groups -OCH3 is 1. The first kappa shape index (κ1) is 32.9. The SMILES string of the molecule is COc1ccc(CCN2CCC(Nc3nc4ccccc4n3Cc3cnccn3)C2)cc1.O=C(O)C(=O)O.O=C(O)C(=O)O. The number of rotatable bonds is 8. The minimum absolute atomic E-state index is 0.378. The average Bonchev–Trinajstić information content (AvgIpc) is 3.61. The largest absolute Gasteiger partial charge is 0.497 e. The Bertz CT molecular complexity index is 1510. The van der Waals surface area contributed by atoms with Crippen molar-refractivity contribution in [3.05, 3.63) is 78.4 Å². The smallest absolute Gasteiger partial charge is 0.414 e. The van der Waals surface area contributed by atoms with Gasteiger partial charge in [-0.25, -0.2) is 24.2 Å². The molecule has 0 saturated carbocycles. The third kappa shape index (κ3) is 10.1. The van der Waals surface area contributed by atoms with E-state index in [1.54, 1.807) is 19.5 Å². The number of aromatic nitrogens is 4. The van der Waals surface area contributed by atoms with E-state index in [-0.39, 0.29) is 0 Å². The van der Waals surface area contributed by atoms with Gasteiger partial charge in [-0.2, -0.15) is 0 Å². The first-order valence-corrected chi connectivity index (χ1v) is 13.3. The minimum Gasteiger partial charge on any atom is -0.497 e. The number of hydrogen-bond donors (Lipinski definition) is 5. The van der Waals surface area contributed by atoms with Crippen molar-refractivity contribution >= 4 is 40.9 Å². The lowest BCUT2D eigenvalue weighted by Gasteiger charge is -2.18. The van der Waals surface area contributed by atoms with E-state index in [0.29, 0.717) is 12.6 Å². The summed E-state index contributed by atoms with van der Waals surface area (Å²) in [5, 5.41) is 33.3. The molecule has 0 radical (unpaired) electrons. The molecule has 5 N–H and O–H groups in total. The summed E-state index contributed by atoms with van der Waals surface area (Å²) in [6.45, 7) is 3.81. The highest BCUT2D eigenvalue weighted by atomic mass is 16.5. The minimum atomic E-state index is -1.82. The van der Waals surface area contributed by atoms with Crippen LogP contribution in [0.25, 0.3) is 11.0 Å². The van der Waals surface area contributed by atoms with Crippen LogP contribution < -0.4 is 10.1 Å². The lowest BCUT2D eigenvalue weighted by molar-refractivity contribution is -0.159. The van der Waals surface area contributed by atoms with Crippen LogP contribution >= 0.6 is 0 Å². The first-order chi connectivity index (χ1) is 21.1. The number of carboxylic acid groups (broad SMARTS) is 4. The zero-order chi connectivity index (χ0) is 32.1. The van der Waals surface area contributed by atoms with Gasteiger partial charge in [-0.05, 0) is 42.7 Å². The summed E-state index contributed by atoms with van der Waals surface area (Å²) >= 11 is 0. The zero-order valence-corrected chi connectivity index (χ0v) is 23.7. The summed E-state index contributed by atoms with van der Waals surface area (Å²) in [7, 11) is 1.70. The van der Waals surface area contributed by atoms with Crippen LogP contribution in [0.15, 0.2) is 67.1 Å². The van der Waals surface area contributed by atoms with E-state index in [2.05, 4.69) is 55.1 Å². The van der Waals surface area contributed by atoms with Gasteiger partial charge in [0.2, 0.25) is 5.95 Å². The van der Waals surface area contributed by atoms with E-state index in [4.69, 9.17) is 49.3 Å². The Balaban J connectivity index is 0.000000375. The number of carbonyl (C=O) groups is 4. The maximum absolute atomic E-state index is 9.10. The topological polar surface area (TPSA) is 217 Å². The fourth-order valence-electron chi connectivity index (χ4n) is 4.33. The van der Waals surface area contributed by atoms with Crippen LogP contribution in [-0.2, 0) is 32.1 Å². The second-order valence-electron chi connectivity index (χ2n) is 9.46. The predicted molar refractivity (Wildman–Crippen MR) is 157 cm³/mol. The molecular weight excluding hydrogens is 576 g/mol. The second kappa shape index (κ2) is 16.2. The molecular formula is C29H32N6O9. The van der Waals surface area contributed by atoms with E-state index in [1.165, 1.54) is 5.56 Å². The Kier molecular flexibility index (Phi) is 12.1. The van der Waals surface area contributed by atoms with E-state index >= 15 is 0 Å². The number of carboxylic acids is 4. The summed E-state index contributed by atoms with van der Waals surface area (Å²) in [6, 6.07) is 17.0. The number of nitrogens with zero attached hydrogens (tertiary/aromatic N) is 5. The van der Waals surface area contributed by atoms with Gasteiger partial charge in [0, 0.05) is 38.1 Å². The summed E-state index contributed by atoms with van der Waals surface area (Å²) in [4.78, 5) is 52.5. The number of ether oxygens (including phenoxy) is 1. The molecule has 44 heavy (non-hydrogen) atoms. The quantitative estimate of drug-likeness (QED) is 0.181. The van der Waals surface area contributed by atoms with Gasteiger partial charge in [-0.3, -0.25) is 9.97 Å². The molecule has 5 rings (SSSR count). The number of nitrogens with one attached hydrogen (secondary N) is 1. The molecule has 1 unspecified atom stereocenters. The fourth-order valence-corrected chi connectivity index (χ4v) is 4.33. The predicted octanol–water partition coefficient (Wildman–Crippen LogP) is 1.92. The van der Waals surface area contributed by atoms with Crippen LogP contribution in [0.3, 0.4) is 0 Å². The van der Waals surface area contributed by atoms with Gasteiger partial charge in [0.25, 0.3) is 0 Å². The molecule has 1 atom stereocenters. The maximum Gasteiger partial charge on any atom is 0.414 e. The van der Waals surface area contributed by atoms with Crippen molar-refractivity contribution in [2.24, 2.45) is 0 Å². The lowest BCUT2D eigenvalue weighted by Crippen LogP contribution is -2.28. The van der Waals surface area contributed by atoms with Gasteiger partial charge in [-0.15, -0.1) is 0 Å². The zero-order valence-electron chi connectivity index (χ0n) is 23.7. The van der Waals surface area contributed by atoms with Crippen LogP contribution in [-0.4, -0.2) is 102 Å². The number of aliphatic carboxylic acids is 4.